The number of carbonyl (C=O) groups is 1. The first-order valence-electron chi connectivity index (χ1n) is 11.6. The molecule has 0 saturated heterocycles. The minimum Gasteiger partial charge on any atom is -0.369 e. The van der Waals surface area contributed by atoms with Gasteiger partial charge in [-0.2, -0.15) is 18.4 Å². The number of nitrogen functional groups attached to an aromatic ring is 1. The molecule has 0 atom stereocenters. The van der Waals surface area contributed by atoms with Crippen LogP contribution in [0.5, 0.6) is 0 Å². The van der Waals surface area contributed by atoms with Crippen LogP contribution >= 0.6 is 0 Å². The maximum atomic E-state index is 13.9. The van der Waals surface area contributed by atoms with Crippen LogP contribution in [-0.4, -0.2) is 49.9 Å². The number of nitrogens with two attached hydrogens (primary N) is 1. The number of alkyl halides is 3. The number of nitrogens with zero attached hydrogens (tertiary/aromatic N) is 6. The van der Waals surface area contributed by atoms with Crippen molar-refractivity contribution in [2.75, 3.05) is 5.73 Å². The summed E-state index contributed by atoms with van der Waals surface area (Å²) in [6, 6.07) is 6.05. The number of halogens is 3. The van der Waals surface area contributed by atoms with E-state index in [0.29, 0.717) is 29.7 Å². The average Bonchev–Trinajstić information content (AvgIpc) is 3.55. The SMILES string of the molecule is Cc1ccc(S(=O)(=O)N(OC(=O)C(F)(F)F)C23CCC(CC#N)(CC2)C3)cc1-c1cn2c(N)ncnc2n1. The van der Waals surface area contributed by atoms with Crippen LogP contribution in [0.25, 0.3) is 17.0 Å². The first kappa shape index (κ1) is 25.9. The molecule has 0 amide bonds. The monoisotopic (exact) mass is 549 g/mol. The zero-order valence-corrected chi connectivity index (χ0v) is 20.9. The highest BCUT2D eigenvalue weighted by molar-refractivity contribution is 7.89. The maximum Gasteiger partial charge on any atom is 0.492 e. The minimum atomic E-state index is -5.42. The van der Waals surface area contributed by atoms with Crippen LogP contribution in [-0.2, 0) is 19.7 Å². The van der Waals surface area contributed by atoms with Gasteiger partial charge >= 0.3 is 12.1 Å². The van der Waals surface area contributed by atoms with E-state index in [1.165, 1.54) is 35.1 Å². The number of imidazole rings is 1. The molecule has 200 valence electrons. The third kappa shape index (κ3) is 4.13. The number of carbonyl (C=O) groups excluding carboxylic acids is 1. The van der Waals surface area contributed by atoms with E-state index in [9.17, 15) is 31.6 Å². The Morgan fingerprint density at radius 2 is 1.97 bits per heavy atom. The number of benzene rings is 1. The van der Waals surface area contributed by atoms with Crippen molar-refractivity contribution in [1.82, 2.24) is 23.8 Å². The zero-order chi connectivity index (χ0) is 27.5. The van der Waals surface area contributed by atoms with Crippen molar-refractivity contribution >= 4 is 27.7 Å². The van der Waals surface area contributed by atoms with Crippen LogP contribution in [0.1, 0.15) is 44.1 Å². The molecule has 0 radical (unpaired) electrons. The number of hydroxylamine groups is 1. The van der Waals surface area contributed by atoms with Crippen LogP contribution in [0, 0.1) is 23.7 Å². The second kappa shape index (κ2) is 8.63. The maximum absolute atomic E-state index is 13.9. The summed E-state index contributed by atoms with van der Waals surface area (Å²) in [5.74, 6) is -2.32. The van der Waals surface area contributed by atoms with Crippen LogP contribution < -0.4 is 5.73 Å². The highest BCUT2D eigenvalue weighted by Gasteiger charge is 2.62. The Labute approximate surface area is 215 Å². The Morgan fingerprint density at radius 3 is 2.61 bits per heavy atom. The fourth-order valence-corrected chi connectivity index (χ4v) is 7.20. The van der Waals surface area contributed by atoms with E-state index in [2.05, 4.69) is 25.9 Å². The van der Waals surface area contributed by atoms with Gasteiger partial charge in [-0.15, -0.1) is 0 Å². The molecule has 0 unspecified atom stereocenters. The topological polar surface area (TPSA) is 157 Å². The van der Waals surface area contributed by atoms with Gasteiger partial charge in [0.15, 0.2) is 0 Å². The van der Waals surface area contributed by atoms with E-state index >= 15 is 0 Å². The lowest BCUT2D eigenvalue weighted by molar-refractivity contribution is -0.234. The van der Waals surface area contributed by atoms with Gasteiger partial charge < -0.3 is 10.6 Å². The number of sulfonamides is 1. The molecule has 2 aliphatic rings. The third-order valence-electron chi connectivity index (χ3n) is 7.48. The molecule has 2 heterocycles. The van der Waals surface area contributed by atoms with Gasteiger partial charge in [-0.05, 0) is 66.6 Å². The zero-order valence-electron chi connectivity index (χ0n) is 20.1. The van der Waals surface area contributed by atoms with Crippen molar-refractivity contribution in [2.24, 2.45) is 5.41 Å². The van der Waals surface area contributed by atoms with Gasteiger partial charge in [0.2, 0.25) is 11.7 Å². The molecule has 11 nitrogen and oxygen atoms in total. The lowest BCUT2D eigenvalue weighted by atomic mass is 9.82. The van der Waals surface area contributed by atoms with Crippen molar-refractivity contribution in [1.29, 1.82) is 5.26 Å². The molecule has 0 aliphatic heterocycles. The minimum absolute atomic E-state index is 0.0998. The van der Waals surface area contributed by atoms with Crippen LogP contribution in [0.15, 0.2) is 35.6 Å². The highest BCUT2D eigenvalue weighted by Crippen LogP contribution is 2.61. The number of anilines is 1. The first-order valence-corrected chi connectivity index (χ1v) is 13.0. The molecule has 38 heavy (non-hydrogen) atoms. The number of rotatable bonds is 6. The number of hydrogen-bond donors (Lipinski definition) is 1. The largest absolute Gasteiger partial charge is 0.492 e. The van der Waals surface area contributed by atoms with Crippen molar-refractivity contribution in [3.63, 3.8) is 0 Å². The van der Waals surface area contributed by atoms with Crippen molar-refractivity contribution < 1.29 is 31.2 Å². The van der Waals surface area contributed by atoms with Gasteiger partial charge in [-0.3, -0.25) is 4.40 Å². The van der Waals surface area contributed by atoms with E-state index in [1.807, 2.05) is 0 Å². The first-order chi connectivity index (χ1) is 17.8. The predicted molar refractivity (Wildman–Crippen MR) is 125 cm³/mol. The molecule has 2 fully saturated rings. The van der Waals surface area contributed by atoms with Crippen LogP contribution in [0.3, 0.4) is 0 Å². The highest BCUT2D eigenvalue weighted by atomic mass is 32.2. The van der Waals surface area contributed by atoms with Gasteiger partial charge in [0.05, 0.1) is 22.2 Å². The van der Waals surface area contributed by atoms with Crippen LogP contribution in [0.2, 0.25) is 0 Å². The predicted octanol–water partition coefficient (Wildman–Crippen LogP) is 3.31. The fraction of sp³-hybridized carbons (Fsp3) is 0.435. The normalized spacial score (nSPS) is 23.2. The summed E-state index contributed by atoms with van der Waals surface area (Å²) in [5.41, 5.74) is 5.19. The molecule has 2 N–H and O–H groups in total. The Kier molecular flexibility index (Phi) is 5.88. The molecule has 2 saturated carbocycles. The quantitative estimate of drug-likeness (QED) is 0.456. The Hall–Kier alpha value is -3.77. The van der Waals surface area contributed by atoms with Gasteiger partial charge in [-0.25, -0.2) is 28.2 Å². The molecular formula is C23H22F3N7O4S. The Bertz CT molecular complexity index is 1590. The second-order valence-electron chi connectivity index (χ2n) is 9.85. The van der Waals surface area contributed by atoms with Gasteiger partial charge in [0, 0.05) is 18.2 Å². The average molecular weight is 550 g/mol. The summed E-state index contributed by atoms with van der Waals surface area (Å²) >= 11 is 0. The summed E-state index contributed by atoms with van der Waals surface area (Å²) in [5, 5.41) is 9.25. The van der Waals surface area contributed by atoms with Crippen molar-refractivity contribution in [2.45, 2.75) is 62.1 Å². The van der Waals surface area contributed by atoms with E-state index in [4.69, 9.17) is 5.73 Å². The summed E-state index contributed by atoms with van der Waals surface area (Å²) in [4.78, 5) is 28.4. The molecule has 2 aromatic heterocycles. The number of hydrogen-bond acceptors (Lipinski definition) is 9. The molecule has 3 aromatic rings. The fourth-order valence-electron chi connectivity index (χ4n) is 5.57. The van der Waals surface area contributed by atoms with Gasteiger partial charge in [-0.1, -0.05) is 6.07 Å². The van der Waals surface area contributed by atoms with Gasteiger partial charge in [0.25, 0.3) is 10.0 Å². The second-order valence-corrected chi connectivity index (χ2v) is 11.6. The van der Waals surface area contributed by atoms with Crippen molar-refractivity contribution in [3.05, 3.63) is 36.3 Å². The molecular weight excluding hydrogens is 527 g/mol. The van der Waals surface area contributed by atoms with E-state index in [0.717, 1.165) is 0 Å². The van der Waals surface area contributed by atoms with Crippen molar-refractivity contribution in [3.8, 4) is 17.3 Å². The number of nitriles is 1. The molecule has 2 bridgehead atoms. The molecule has 1 aromatic carbocycles. The summed E-state index contributed by atoms with van der Waals surface area (Å²) < 4.78 is 69.1. The number of aryl methyl sites for hydroxylation is 1. The lowest BCUT2D eigenvalue weighted by Gasteiger charge is -2.36. The molecule has 0 spiro atoms. The Morgan fingerprint density at radius 1 is 1.26 bits per heavy atom. The number of aromatic nitrogens is 4. The number of fused-ring (bicyclic) bond motifs is 3. The van der Waals surface area contributed by atoms with Gasteiger partial charge in [0.1, 0.15) is 6.33 Å². The summed E-state index contributed by atoms with van der Waals surface area (Å²) in [6.07, 6.45) is -1.28. The summed E-state index contributed by atoms with van der Waals surface area (Å²) in [6.45, 7) is 1.70. The Balaban J connectivity index is 1.59. The standard InChI is InChI=1S/C23H22F3N7O4S/c1-14-2-3-15(10-16(14)17-11-32-19(28)29-13-30-20(32)31-17)38(35,36)33(37-18(34)23(24,25)26)22-6-4-21(12-22,5-7-22)8-9-27/h2-3,10-11,13H,4-8,12H2,1H3,(H2,28,29,30,31). The molecule has 5 rings (SSSR count). The third-order valence-corrected chi connectivity index (χ3v) is 9.23. The van der Waals surface area contributed by atoms with E-state index in [-0.39, 0.29) is 46.8 Å². The molecule has 15 heteroatoms. The summed E-state index contributed by atoms with van der Waals surface area (Å²) in [7, 11) is -4.79. The van der Waals surface area contributed by atoms with E-state index < -0.39 is 33.1 Å². The molecule has 2 aliphatic carbocycles. The van der Waals surface area contributed by atoms with Crippen LogP contribution in [0.4, 0.5) is 19.1 Å². The van der Waals surface area contributed by atoms with E-state index in [1.54, 1.807) is 6.92 Å². The smallest absolute Gasteiger partial charge is 0.369 e. The lowest BCUT2D eigenvalue weighted by Crippen LogP contribution is -2.51.